The highest BCUT2D eigenvalue weighted by atomic mass is 16.2. The van der Waals surface area contributed by atoms with Gasteiger partial charge < -0.3 is 15.1 Å². The Morgan fingerprint density at radius 2 is 2.10 bits per heavy atom. The summed E-state index contributed by atoms with van der Waals surface area (Å²) < 4.78 is 0. The van der Waals surface area contributed by atoms with Gasteiger partial charge >= 0.3 is 0 Å². The third kappa shape index (κ3) is 3.74. The maximum atomic E-state index is 12.5. The number of carbonyl (C=O) groups excluding carboxylic acids is 3. The van der Waals surface area contributed by atoms with E-state index in [2.05, 4.69) is 5.32 Å². The molecule has 2 unspecified atom stereocenters. The Labute approximate surface area is 125 Å². The number of nitrogens with one attached hydrogen (secondary N) is 1. The van der Waals surface area contributed by atoms with Crippen molar-refractivity contribution in [3.05, 3.63) is 0 Å². The Morgan fingerprint density at radius 3 is 2.71 bits per heavy atom. The van der Waals surface area contributed by atoms with Crippen LogP contribution in [0.2, 0.25) is 0 Å². The topological polar surface area (TPSA) is 69.7 Å². The first-order valence-electron chi connectivity index (χ1n) is 7.86. The van der Waals surface area contributed by atoms with Gasteiger partial charge in [-0.25, -0.2) is 0 Å². The fraction of sp³-hybridized carbons (Fsp3) is 0.800. The number of hydrogen-bond donors (Lipinski definition) is 1. The van der Waals surface area contributed by atoms with Crippen LogP contribution in [0.1, 0.15) is 45.4 Å². The lowest BCUT2D eigenvalue weighted by atomic mass is 10.0. The number of nitrogens with zero attached hydrogens (tertiary/aromatic N) is 2. The molecule has 0 bridgehead atoms. The molecule has 2 saturated heterocycles. The predicted molar refractivity (Wildman–Crippen MR) is 78.4 cm³/mol. The normalized spacial score (nSPS) is 26.1. The number of hydrogen-bond acceptors (Lipinski definition) is 3. The molecule has 0 aromatic carbocycles. The highest BCUT2D eigenvalue weighted by Crippen LogP contribution is 2.21. The van der Waals surface area contributed by atoms with Gasteiger partial charge in [0.15, 0.2) is 0 Å². The van der Waals surface area contributed by atoms with Crippen molar-refractivity contribution in [2.24, 2.45) is 0 Å². The molecular formula is C15H25N3O3. The monoisotopic (exact) mass is 295 g/mol. The molecule has 0 aliphatic carbocycles. The summed E-state index contributed by atoms with van der Waals surface area (Å²) in [6.45, 7) is 3.26. The Bertz CT molecular complexity index is 424. The van der Waals surface area contributed by atoms with Crippen molar-refractivity contribution in [1.29, 1.82) is 0 Å². The Hall–Kier alpha value is -1.59. The van der Waals surface area contributed by atoms with Crippen LogP contribution in [0, 0.1) is 0 Å². The van der Waals surface area contributed by atoms with Gasteiger partial charge in [-0.05, 0) is 25.7 Å². The molecule has 21 heavy (non-hydrogen) atoms. The molecule has 6 heteroatoms. The van der Waals surface area contributed by atoms with E-state index in [0.717, 1.165) is 25.8 Å². The Kier molecular flexibility index (Phi) is 5.20. The summed E-state index contributed by atoms with van der Waals surface area (Å²) in [5, 5.41) is 3.00. The molecule has 0 aromatic rings. The predicted octanol–water partition coefficient (Wildman–Crippen LogP) is 0.515. The minimum atomic E-state index is -0.317. The number of piperidine rings is 1. The standard InChI is InChI=1S/C15H25N3O3/c1-3-5-13(19)16-11-6-4-9-18(10-11)15(21)12-7-8-14(20)17(12)2/h11-12H,3-10H2,1-2H3,(H,16,19). The largest absolute Gasteiger partial charge is 0.352 e. The quantitative estimate of drug-likeness (QED) is 0.822. The van der Waals surface area contributed by atoms with Gasteiger partial charge in [0.1, 0.15) is 6.04 Å². The minimum Gasteiger partial charge on any atom is -0.352 e. The van der Waals surface area contributed by atoms with Gasteiger partial charge in [0.2, 0.25) is 17.7 Å². The van der Waals surface area contributed by atoms with Crippen LogP contribution in [0.15, 0.2) is 0 Å². The fourth-order valence-electron chi connectivity index (χ4n) is 3.13. The van der Waals surface area contributed by atoms with Crippen LogP contribution in [0.5, 0.6) is 0 Å². The van der Waals surface area contributed by atoms with Crippen molar-refractivity contribution < 1.29 is 14.4 Å². The van der Waals surface area contributed by atoms with Crippen molar-refractivity contribution in [3.63, 3.8) is 0 Å². The third-order valence-electron chi connectivity index (χ3n) is 4.35. The third-order valence-corrected chi connectivity index (χ3v) is 4.35. The second-order valence-corrected chi connectivity index (χ2v) is 6.00. The molecule has 0 aromatic heterocycles. The molecule has 2 rings (SSSR count). The lowest BCUT2D eigenvalue weighted by molar-refractivity contribution is -0.141. The summed E-state index contributed by atoms with van der Waals surface area (Å²) in [5.74, 6) is 0.126. The van der Waals surface area contributed by atoms with Crippen LogP contribution in [-0.4, -0.2) is 59.7 Å². The average Bonchev–Trinajstić information content (AvgIpc) is 2.79. The smallest absolute Gasteiger partial charge is 0.245 e. The van der Waals surface area contributed by atoms with Crippen molar-refractivity contribution >= 4 is 17.7 Å². The van der Waals surface area contributed by atoms with Gasteiger partial charge in [0.05, 0.1) is 0 Å². The second kappa shape index (κ2) is 6.91. The summed E-state index contributed by atoms with van der Waals surface area (Å²) in [6, 6.07) is -0.272. The van der Waals surface area contributed by atoms with Crippen LogP contribution in [0.4, 0.5) is 0 Å². The van der Waals surface area contributed by atoms with E-state index in [-0.39, 0.29) is 29.8 Å². The van der Waals surface area contributed by atoms with E-state index in [1.807, 2.05) is 6.92 Å². The van der Waals surface area contributed by atoms with E-state index in [1.54, 1.807) is 16.8 Å². The van der Waals surface area contributed by atoms with Crippen LogP contribution >= 0.6 is 0 Å². The second-order valence-electron chi connectivity index (χ2n) is 6.00. The average molecular weight is 295 g/mol. The van der Waals surface area contributed by atoms with Crippen molar-refractivity contribution in [3.8, 4) is 0 Å². The lowest BCUT2D eigenvalue weighted by Gasteiger charge is -2.35. The fourth-order valence-corrected chi connectivity index (χ4v) is 3.13. The van der Waals surface area contributed by atoms with Gasteiger partial charge in [0, 0.05) is 39.0 Å². The van der Waals surface area contributed by atoms with Crippen LogP contribution in [-0.2, 0) is 14.4 Å². The zero-order valence-electron chi connectivity index (χ0n) is 12.9. The van der Waals surface area contributed by atoms with E-state index in [9.17, 15) is 14.4 Å². The number of likely N-dealkylation sites (N-methyl/N-ethyl adjacent to an activating group) is 1. The molecule has 1 N–H and O–H groups in total. The van der Waals surface area contributed by atoms with Gasteiger partial charge in [-0.3, -0.25) is 14.4 Å². The molecule has 2 aliphatic heterocycles. The molecule has 118 valence electrons. The number of carbonyl (C=O) groups is 3. The highest BCUT2D eigenvalue weighted by Gasteiger charge is 2.37. The molecule has 2 heterocycles. The van der Waals surface area contributed by atoms with Crippen molar-refractivity contribution in [1.82, 2.24) is 15.1 Å². The Morgan fingerprint density at radius 1 is 1.33 bits per heavy atom. The SMILES string of the molecule is CCCC(=O)NC1CCCN(C(=O)C2CCC(=O)N2C)C1. The summed E-state index contributed by atoms with van der Waals surface area (Å²) in [6.07, 6.45) is 4.24. The molecule has 2 fully saturated rings. The highest BCUT2D eigenvalue weighted by molar-refractivity contribution is 5.90. The van der Waals surface area contributed by atoms with E-state index < -0.39 is 0 Å². The van der Waals surface area contributed by atoms with Crippen molar-refractivity contribution in [2.75, 3.05) is 20.1 Å². The summed E-state index contributed by atoms with van der Waals surface area (Å²) >= 11 is 0. The molecule has 0 spiro atoms. The maximum absolute atomic E-state index is 12.5. The van der Waals surface area contributed by atoms with Crippen LogP contribution in [0.3, 0.4) is 0 Å². The summed E-state index contributed by atoms with van der Waals surface area (Å²) in [7, 11) is 1.70. The molecule has 3 amide bonds. The number of amides is 3. The van der Waals surface area contributed by atoms with Gasteiger partial charge in [0.25, 0.3) is 0 Å². The van der Waals surface area contributed by atoms with Gasteiger partial charge in [-0.15, -0.1) is 0 Å². The Balaban J connectivity index is 1.90. The number of rotatable bonds is 4. The van der Waals surface area contributed by atoms with Crippen LogP contribution in [0.25, 0.3) is 0 Å². The van der Waals surface area contributed by atoms with E-state index in [4.69, 9.17) is 0 Å². The molecule has 0 radical (unpaired) electrons. The molecule has 0 saturated carbocycles. The first-order chi connectivity index (χ1) is 10.0. The van der Waals surface area contributed by atoms with Gasteiger partial charge in [-0.1, -0.05) is 6.92 Å². The van der Waals surface area contributed by atoms with Crippen molar-refractivity contribution in [2.45, 2.75) is 57.5 Å². The molecule has 2 aliphatic rings. The zero-order valence-corrected chi connectivity index (χ0v) is 12.9. The zero-order chi connectivity index (χ0) is 15.4. The summed E-state index contributed by atoms with van der Waals surface area (Å²) in [4.78, 5) is 39.1. The molecular weight excluding hydrogens is 270 g/mol. The first kappa shape index (κ1) is 15.8. The number of likely N-dealkylation sites (tertiary alicyclic amines) is 2. The lowest BCUT2D eigenvalue weighted by Crippen LogP contribution is -2.53. The maximum Gasteiger partial charge on any atom is 0.245 e. The molecule has 2 atom stereocenters. The summed E-state index contributed by atoms with van der Waals surface area (Å²) in [5.41, 5.74) is 0. The van der Waals surface area contributed by atoms with E-state index >= 15 is 0 Å². The first-order valence-corrected chi connectivity index (χ1v) is 7.86. The van der Waals surface area contributed by atoms with E-state index in [1.165, 1.54) is 0 Å². The minimum absolute atomic E-state index is 0.0257. The van der Waals surface area contributed by atoms with Crippen LogP contribution < -0.4 is 5.32 Å². The van der Waals surface area contributed by atoms with E-state index in [0.29, 0.717) is 25.8 Å². The van der Waals surface area contributed by atoms with Gasteiger partial charge in [-0.2, -0.15) is 0 Å². The molecule has 6 nitrogen and oxygen atoms in total.